The molecule has 0 saturated carbocycles. The second-order valence-electron chi connectivity index (χ2n) is 4.59. The molecule has 0 aliphatic rings. The van der Waals surface area contributed by atoms with E-state index in [0.717, 1.165) is 20.1 Å². The minimum atomic E-state index is -1.27. The van der Waals surface area contributed by atoms with Crippen molar-refractivity contribution >= 4 is 65.6 Å². The van der Waals surface area contributed by atoms with Crippen molar-refractivity contribution in [2.24, 2.45) is 0 Å². The van der Waals surface area contributed by atoms with Crippen LogP contribution >= 0.6 is 31.9 Å². The Kier molecular flexibility index (Phi) is 7.62. The van der Waals surface area contributed by atoms with Crippen LogP contribution < -0.4 is 0 Å². The van der Waals surface area contributed by atoms with Gasteiger partial charge in [-0.15, -0.1) is 0 Å². The third-order valence-electron chi connectivity index (χ3n) is 2.80. The molecule has 23 heavy (non-hydrogen) atoms. The molecule has 0 amide bonds. The summed E-state index contributed by atoms with van der Waals surface area (Å²) in [4.78, 5) is 0. The van der Waals surface area contributed by atoms with Crippen molar-refractivity contribution < 1.29 is 8.42 Å². The van der Waals surface area contributed by atoms with Crippen LogP contribution in [0.25, 0.3) is 12.2 Å². The van der Waals surface area contributed by atoms with Gasteiger partial charge in [0.15, 0.2) is 0 Å². The van der Waals surface area contributed by atoms with E-state index in [2.05, 4.69) is 31.9 Å². The van der Waals surface area contributed by atoms with Crippen molar-refractivity contribution in [2.45, 2.75) is 0 Å². The largest absolute Gasteiger partial charge is 0.254 e. The summed E-state index contributed by atoms with van der Waals surface area (Å²) in [7, 11) is -2.54. The number of halogens is 2. The first-order valence-electron chi connectivity index (χ1n) is 6.65. The van der Waals surface area contributed by atoms with Gasteiger partial charge in [-0.3, -0.25) is 8.42 Å². The van der Waals surface area contributed by atoms with Crippen LogP contribution in [-0.4, -0.2) is 13.5 Å². The van der Waals surface area contributed by atoms with Gasteiger partial charge in [-0.05, 0) is 47.5 Å². The van der Waals surface area contributed by atoms with Crippen molar-refractivity contribution in [1.29, 1.82) is 0 Å². The van der Waals surface area contributed by atoms with Gasteiger partial charge in [0, 0.05) is 19.8 Å². The molecule has 2 nitrogen and oxygen atoms in total. The first-order chi connectivity index (χ1) is 11.0. The Labute approximate surface area is 157 Å². The molecule has 0 aromatic heterocycles. The van der Waals surface area contributed by atoms with Crippen molar-refractivity contribution in [3.8, 4) is 0 Å². The summed E-state index contributed by atoms with van der Waals surface area (Å²) in [6, 6.07) is 15.3. The SMILES string of the molecule is O=S(/C=C/c1ccc(Br)cc1)CS(=O)/C=C/c1ccc(Br)cc1. The second kappa shape index (κ2) is 9.47. The fourth-order valence-electron chi connectivity index (χ4n) is 1.65. The zero-order valence-corrected chi connectivity index (χ0v) is 16.8. The van der Waals surface area contributed by atoms with Gasteiger partial charge < -0.3 is 0 Å². The molecular formula is C17H14Br2O2S2. The summed E-state index contributed by atoms with van der Waals surface area (Å²) in [5.41, 5.74) is 1.91. The van der Waals surface area contributed by atoms with E-state index in [1.807, 2.05) is 48.5 Å². The summed E-state index contributed by atoms with van der Waals surface area (Å²) in [5, 5.41) is 3.25. The van der Waals surface area contributed by atoms with E-state index in [4.69, 9.17) is 0 Å². The number of benzene rings is 2. The average Bonchev–Trinajstić information content (AvgIpc) is 2.54. The fraction of sp³-hybridized carbons (Fsp3) is 0.0588. The predicted molar refractivity (Wildman–Crippen MR) is 108 cm³/mol. The molecule has 0 N–H and O–H groups in total. The molecule has 2 rings (SSSR count). The normalized spacial score (nSPS) is 14.3. The van der Waals surface area contributed by atoms with Crippen molar-refractivity contribution in [2.75, 3.05) is 5.08 Å². The molecule has 0 aliphatic carbocycles. The van der Waals surface area contributed by atoms with Crippen molar-refractivity contribution in [3.05, 3.63) is 79.4 Å². The van der Waals surface area contributed by atoms with Gasteiger partial charge in [-0.2, -0.15) is 0 Å². The smallest absolute Gasteiger partial charge is 0.107 e. The summed E-state index contributed by atoms with van der Waals surface area (Å²) >= 11 is 6.73. The van der Waals surface area contributed by atoms with E-state index >= 15 is 0 Å². The highest BCUT2D eigenvalue weighted by Gasteiger charge is 2.00. The van der Waals surface area contributed by atoms with Gasteiger partial charge in [-0.1, -0.05) is 56.1 Å². The van der Waals surface area contributed by atoms with E-state index in [1.165, 1.54) is 0 Å². The van der Waals surface area contributed by atoms with Gasteiger partial charge in [0.05, 0.1) is 21.6 Å². The standard InChI is InChI=1S/C17H14Br2O2S2/c18-16-5-1-14(2-6-16)9-11-22(20)13-23(21)12-10-15-3-7-17(19)8-4-15/h1-12H,13H2/b11-9+,12-10+. The van der Waals surface area contributed by atoms with Gasteiger partial charge in [0.25, 0.3) is 0 Å². The molecule has 2 aromatic carbocycles. The van der Waals surface area contributed by atoms with Crippen LogP contribution in [0.2, 0.25) is 0 Å². The number of hydrogen-bond donors (Lipinski definition) is 0. The molecule has 0 fully saturated rings. The van der Waals surface area contributed by atoms with E-state index in [-0.39, 0.29) is 5.08 Å². The van der Waals surface area contributed by atoms with E-state index in [9.17, 15) is 8.42 Å². The monoisotopic (exact) mass is 472 g/mol. The molecule has 6 heteroatoms. The lowest BCUT2D eigenvalue weighted by molar-refractivity contribution is 0.685. The Morgan fingerprint density at radius 3 is 1.39 bits per heavy atom. The molecule has 0 radical (unpaired) electrons. The van der Waals surface area contributed by atoms with Gasteiger partial charge in [0.2, 0.25) is 0 Å². The summed E-state index contributed by atoms with van der Waals surface area (Å²) < 4.78 is 25.9. The first kappa shape index (κ1) is 18.5. The molecular weight excluding hydrogens is 460 g/mol. The lowest BCUT2D eigenvalue weighted by Crippen LogP contribution is -1.98. The van der Waals surface area contributed by atoms with E-state index in [0.29, 0.717) is 0 Å². The van der Waals surface area contributed by atoms with Gasteiger partial charge in [0.1, 0.15) is 5.08 Å². The van der Waals surface area contributed by atoms with Crippen LogP contribution in [0, 0.1) is 0 Å². The Balaban J connectivity index is 1.88. The average molecular weight is 474 g/mol. The number of hydrogen-bond acceptors (Lipinski definition) is 2. The van der Waals surface area contributed by atoms with Crippen LogP contribution in [0.3, 0.4) is 0 Å². The van der Waals surface area contributed by atoms with Crippen LogP contribution in [0.1, 0.15) is 11.1 Å². The summed E-state index contributed by atoms with van der Waals surface area (Å²) in [5.74, 6) is 0. The van der Waals surface area contributed by atoms with Crippen molar-refractivity contribution in [3.63, 3.8) is 0 Å². The second-order valence-corrected chi connectivity index (χ2v) is 9.43. The maximum atomic E-state index is 11.9. The zero-order chi connectivity index (χ0) is 16.7. The Morgan fingerprint density at radius 1 is 0.696 bits per heavy atom. The van der Waals surface area contributed by atoms with Gasteiger partial charge in [-0.25, -0.2) is 0 Å². The Bertz CT molecular complexity index is 686. The minimum Gasteiger partial charge on any atom is -0.254 e. The van der Waals surface area contributed by atoms with Crippen LogP contribution in [-0.2, 0) is 21.6 Å². The highest BCUT2D eigenvalue weighted by atomic mass is 79.9. The van der Waals surface area contributed by atoms with E-state index in [1.54, 1.807) is 23.0 Å². The highest BCUT2D eigenvalue weighted by molar-refractivity contribution is 9.10. The Morgan fingerprint density at radius 2 is 1.04 bits per heavy atom. The Hall–Kier alpha value is -0.820. The number of rotatable bonds is 6. The van der Waals surface area contributed by atoms with Crippen molar-refractivity contribution in [1.82, 2.24) is 0 Å². The molecule has 2 unspecified atom stereocenters. The molecule has 0 aliphatic heterocycles. The quantitative estimate of drug-likeness (QED) is 0.569. The molecule has 0 spiro atoms. The fourth-order valence-corrected chi connectivity index (χ4v) is 4.34. The van der Waals surface area contributed by atoms with Crippen LogP contribution in [0.5, 0.6) is 0 Å². The lowest BCUT2D eigenvalue weighted by Gasteiger charge is -1.96. The third-order valence-corrected chi connectivity index (χ3v) is 6.59. The third kappa shape index (κ3) is 7.08. The maximum absolute atomic E-state index is 11.9. The summed E-state index contributed by atoms with van der Waals surface area (Å²) in [6.07, 6.45) is 3.55. The predicted octanol–water partition coefficient (Wildman–Crippen LogP) is 5.31. The molecule has 2 atom stereocenters. The van der Waals surface area contributed by atoms with E-state index < -0.39 is 21.6 Å². The first-order valence-corrected chi connectivity index (χ1v) is 11.0. The maximum Gasteiger partial charge on any atom is 0.107 e. The molecule has 0 heterocycles. The van der Waals surface area contributed by atoms with Gasteiger partial charge >= 0.3 is 0 Å². The minimum absolute atomic E-state index is 0.0973. The molecule has 0 bridgehead atoms. The molecule has 2 aromatic rings. The van der Waals surface area contributed by atoms with Crippen LogP contribution in [0.15, 0.2) is 68.3 Å². The lowest BCUT2D eigenvalue weighted by atomic mass is 10.2. The molecule has 0 saturated heterocycles. The van der Waals surface area contributed by atoms with Crippen LogP contribution in [0.4, 0.5) is 0 Å². The zero-order valence-electron chi connectivity index (χ0n) is 12.0. The summed E-state index contributed by atoms with van der Waals surface area (Å²) in [6.45, 7) is 0. The topological polar surface area (TPSA) is 34.1 Å². The molecule has 120 valence electrons. The highest BCUT2D eigenvalue weighted by Crippen LogP contribution is 2.13.